The third-order valence-electron chi connectivity index (χ3n) is 4.02. The molecule has 1 saturated carbocycles. The molecule has 0 unspecified atom stereocenters. The average molecular weight is 305 g/mol. The van der Waals surface area contributed by atoms with E-state index < -0.39 is 5.97 Å². The summed E-state index contributed by atoms with van der Waals surface area (Å²) in [6.07, 6.45) is 6.65. The molecule has 2 aromatic heterocycles. The van der Waals surface area contributed by atoms with Gasteiger partial charge in [0, 0.05) is 12.7 Å². The first-order valence-electron chi connectivity index (χ1n) is 7.29. The number of carbonyl (C=O) groups is 1. The van der Waals surface area contributed by atoms with Crippen molar-refractivity contribution in [2.24, 2.45) is 5.41 Å². The van der Waals surface area contributed by atoms with Gasteiger partial charge in [0.2, 0.25) is 0 Å². The van der Waals surface area contributed by atoms with Crippen LogP contribution in [0.25, 0.3) is 11.2 Å². The average Bonchev–Trinajstić information content (AvgIpc) is 3.12. The van der Waals surface area contributed by atoms with Crippen LogP contribution in [0.5, 0.6) is 0 Å². The summed E-state index contributed by atoms with van der Waals surface area (Å²) in [5.41, 5.74) is 2.09. The maximum Gasteiger partial charge on any atom is 0.313 e. The molecule has 3 rings (SSSR count). The van der Waals surface area contributed by atoms with Crippen molar-refractivity contribution in [1.29, 1.82) is 0 Å². The molecule has 0 radical (unpaired) electrons. The van der Waals surface area contributed by atoms with Gasteiger partial charge >= 0.3 is 5.97 Å². The fraction of sp³-hybridized carbons (Fsp3) is 0.533. The third-order valence-corrected chi connectivity index (χ3v) is 4.99. The minimum atomic E-state index is -0.818. The number of nitrogens with zero attached hydrogens (tertiary/aromatic N) is 3. The van der Waals surface area contributed by atoms with E-state index in [0.717, 1.165) is 22.9 Å². The fourth-order valence-corrected chi connectivity index (χ4v) is 3.57. The zero-order valence-corrected chi connectivity index (χ0v) is 12.9. The van der Waals surface area contributed by atoms with Crippen molar-refractivity contribution in [2.45, 2.75) is 44.3 Å². The van der Waals surface area contributed by atoms with Crippen molar-refractivity contribution in [3.63, 3.8) is 0 Å². The molecule has 6 heteroatoms. The molecule has 1 N–H and O–H groups in total. The summed E-state index contributed by atoms with van der Waals surface area (Å²) in [6, 6.07) is 3.80. The highest BCUT2D eigenvalue weighted by molar-refractivity contribution is 7.99. The van der Waals surface area contributed by atoms with E-state index in [4.69, 9.17) is 5.11 Å². The number of aromatic nitrogens is 3. The van der Waals surface area contributed by atoms with Crippen molar-refractivity contribution in [1.82, 2.24) is 14.5 Å². The second-order valence-electron chi connectivity index (χ2n) is 5.76. The Labute approximate surface area is 127 Å². The molecule has 2 heterocycles. The zero-order valence-electron chi connectivity index (χ0n) is 12.1. The van der Waals surface area contributed by atoms with Crippen LogP contribution in [0.3, 0.4) is 0 Å². The number of hydrogen-bond donors (Lipinski definition) is 1. The SMILES string of the molecule is CCCC1(Cn2c(SCC(=O)O)nc3cccnc32)CC1. The Balaban J connectivity index is 1.93. The van der Waals surface area contributed by atoms with Crippen LogP contribution in [0.2, 0.25) is 0 Å². The molecule has 21 heavy (non-hydrogen) atoms. The molecule has 1 aliphatic carbocycles. The van der Waals surface area contributed by atoms with Crippen LogP contribution in [-0.2, 0) is 11.3 Å². The smallest absolute Gasteiger partial charge is 0.313 e. The monoisotopic (exact) mass is 305 g/mol. The van der Waals surface area contributed by atoms with Gasteiger partial charge in [-0.15, -0.1) is 0 Å². The minimum absolute atomic E-state index is 0.0318. The van der Waals surface area contributed by atoms with Crippen molar-refractivity contribution in [3.05, 3.63) is 18.3 Å². The molecule has 2 aromatic rings. The molecule has 1 fully saturated rings. The molecule has 1 aliphatic rings. The molecular weight excluding hydrogens is 286 g/mol. The van der Waals surface area contributed by atoms with Gasteiger partial charge in [-0.05, 0) is 36.8 Å². The van der Waals surface area contributed by atoms with E-state index in [1.54, 1.807) is 6.20 Å². The molecule has 0 saturated heterocycles. The molecule has 0 amide bonds. The maximum absolute atomic E-state index is 10.8. The van der Waals surface area contributed by atoms with Crippen molar-refractivity contribution >= 4 is 28.9 Å². The summed E-state index contributed by atoms with van der Waals surface area (Å²) >= 11 is 1.28. The molecular formula is C15H19N3O2S. The molecule has 5 nitrogen and oxygen atoms in total. The lowest BCUT2D eigenvalue weighted by Gasteiger charge is -2.16. The Hall–Kier alpha value is -1.56. The van der Waals surface area contributed by atoms with Gasteiger partial charge in [-0.25, -0.2) is 9.97 Å². The van der Waals surface area contributed by atoms with Crippen LogP contribution in [0.4, 0.5) is 0 Å². The highest BCUT2D eigenvalue weighted by Gasteiger charge is 2.42. The number of imidazole rings is 1. The lowest BCUT2D eigenvalue weighted by molar-refractivity contribution is -0.133. The van der Waals surface area contributed by atoms with E-state index in [2.05, 4.69) is 21.5 Å². The van der Waals surface area contributed by atoms with Gasteiger partial charge in [0.1, 0.15) is 5.52 Å². The summed E-state index contributed by atoms with van der Waals surface area (Å²) in [7, 11) is 0. The van der Waals surface area contributed by atoms with Gasteiger partial charge in [0.25, 0.3) is 0 Å². The summed E-state index contributed by atoms with van der Waals surface area (Å²) < 4.78 is 2.12. The van der Waals surface area contributed by atoms with Crippen LogP contribution in [0, 0.1) is 5.41 Å². The fourth-order valence-electron chi connectivity index (χ4n) is 2.85. The number of hydrogen-bond acceptors (Lipinski definition) is 4. The van der Waals surface area contributed by atoms with Gasteiger partial charge in [0.05, 0.1) is 5.75 Å². The predicted octanol–water partition coefficient (Wildman–Crippen LogP) is 3.19. The Morgan fingerprint density at radius 1 is 1.52 bits per heavy atom. The molecule has 0 aromatic carbocycles. The normalized spacial score (nSPS) is 16.2. The Morgan fingerprint density at radius 3 is 3.00 bits per heavy atom. The Morgan fingerprint density at radius 2 is 2.33 bits per heavy atom. The van der Waals surface area contributed by atoms with Crippen molar-refractivity contribution in [3.8, 4) is 0 Å². The highest BCUT2D eigenvalue weighted by Crippen LogP contribution is 2.51. The predicted molar refractivity (Wildman–Crippen MR) is 82.5 cm³/mol. The van der Waals surface area contributed by atoms with E-state index in [1.807, 2.05) is 12.1 Å². The Bertz CT molecular complexity index is 664. The lowest BCUT2D eigenvalue weighted by Crippen LogP contribution is -2.13. The van der Waals surface area contributed by atoms with Gasteiger partial charge in [-0.3, -0.25) is 4.79 Å². The lowest BCUT2D eigenvalue weighted by atomic mass is 10.0. The number of thioether (sulfide) groups is 1. The molecule has 0 aliphatic heterocycles. The number of rotatable bonds is 7. The van der Waals surface area contributed by atoms with E-state index in [9.17, 15) is 4.79 Å². The first-order valence-corrected chi connectivity index (χ1v) is 8.28. The number of pyridine rings is 1. The summed E-state index contributed by atoms with van der Waals surface area (Å²) in [4.78, 5) is 19.8. The third kappa shape index (κ3) is 3.05. The van der Waals surface area contributed by atoms with Crippen LogP contribution in [-0.4, -0.2) is 31.4 Å². The van der Waals surface area contributed by atoms with E-state index >= 15 is 0 Å². The molecule has 0 spiro atoms. The van der Waals surface area contributed by atoms with Crippen molar-refractivity contribution < 1.29 is 9.90 Å². The molecule has 0 bridgehead atoms. The number of carboxylic acids is 1. The van der Waals surface area contributed by atoms with E-state index in [0.29, 0.717) is 5.41 Å². The zero-order chi connectivity index (χ0) is 14.9. The maximum atomic E-state index is 10.8. The topological polar surface area (TPSA) is 68.0 Å². The second-order valence-corrected chi connectivity index (χ2v) is 6.70. The number of fused-ring (bicyclic) bond motifs is 1. The first kappa shape index (κ1) is 14.4. The van der Waals surface area contributed by atoms with E-state index in [1.165, 1.54) is 37.4 Å². The van der Waals surface area contributed by atoms with Gasteiger partial charge in [0.15, 0.2) is 10.8 Å². The summed E-state index contributed by atoms with van der Waals surface area (Å²) in [5, 5.41) is 9.67. The largest absolute Gasteiger partial charge is 0.481 e. The molecule has 0 atom stereocenters. The van der Waals surface area contributed by atoms with Crippen LogP contribution in [0.1, 0.15) is 32.6 Å². The van der Waals surface area contributed by atoms with Crippen LogP contribution >= 0.6 is 11.8 Å². The van der Waals surface area contributed by atoms with Crippen molar-refractivity contribution in [2.75, 3.05) is 5.75 Å². The minimum Gasteiger partial charge on any atom is -0.481 e. The first-order chi connectivity index (χ1) is 10.1. The van der Waals surface area contributed by atoms with E-state index in [-0.39, 0.29) is 5.75 Å². The standard InChI is InChI=1S/C15H19N3O2S/c1-2-5-15(6-7-15)10-18-13-11(4-3-8-16-13)17-14(18)21-9-12(19)20/h3-4,8H,2,5-7,9-10H2,1H3,(H,19,20). The number of aliphatic carboxylic acids is 1. The Kier molecular flexibility index (Phi) is 3.89. The summed E-state index contributed by atoms with van der Waals surface area (Å²) in [6.45, 7) is 3.11. The van der Waals surface area contributed by atoms with Crippen LogP contribution in [0.15, 0.2) is 23.5 Å². The van der Waals surface area contributed by atoms with Gasteiger partial charge in [-0.2, -0.15) is 0 Å². The van der Waals surface area contributed by atoms with Gasteiger partial charge < -0.3 is 9.67 Å². The van der Waals surface area contributed by atoms with Crippen LogP contribution < -0.4 is 0 Å². The summed E-state index contributed by atoms with van der Waals surface area (Å²) in [5.74, 6) is -0.786. The molecule has 112 valence electrons. The number of carboxylic acid groups (broad SMARTS) is 1. The second kappa shape index (κ2) is 5.67. The quantitative estimate of drug-likeness (QED) is 0.796. The van der Waals surface area contributed by atoms with Gasteiger partial charge in [-0.1, -0.05) is 25.1 Å². The highest BCUT2D eigenvalue weighted by atomic mass is 32.2.